The third-order valence-corrected chi connectivity index (χ3v) is 7.20. The van der Waals surface area contributed by atoms with E-state index < -0.39 is 0 Å². The van der Waals surface area contributed by atoms with Crippen LogP contribution in [0, 0.1) is 17.8 Å². The van der Waals surface area contributed by atoms with Crippen LogP contribution >= 0.6 is 11.8 Å². The quantitative estimate of drug-likeness (QED) is 0.850. The Hall–Kier alpha value is 0.270. The number of thioether (sulfide) groups is 1. The topological polar surface area (TPSA) is 29.3 Å². The van der Waals surface area contributed by atoms with Gasteiger partial charge in [-0.15, -0.1) is 0 Å². The zero-order valence-corrected chi connectivity index (χ0v) is 12.6. The van der Waals surface area contributed by atoms with Gasteiger partial charge in [0, 0.05) is 24.4 Å². The minimum atomic E-state index is 0.310. The molecule has 3 rings (SSSR count). The fraction of sp³-hybridized carbons (Fsp3) is 1.00. The molecule has 18 heavy (non-hydrogen) atoms. The van der Waals surface area contributed by atoms with Gasteiger partial charge in [-0.3, -0.25) is 4.90 Å². The Morgan fingerprint density at radius 2 is 2.22 bits per heavy atom. The summed E-state index contributed by atoms with van der Waals surface area (Å²) in [6, 6.07) is 0. The molecule has 1 aliphatic heterocycles. The first kappa shape index (κ1) is 13.3. The zero-order valence-electron chi connectivity index (χ0n) is 11.7. The first-order valence-corrected chi connectivity index (χ1v) is 8.88. The fourth-order valence-electron chi connectivity index (χ4n) is 4.60. The predicted octanol–water partition coefficient (Wildman–Crippen LogP) is 2.58. The lowest BCUT2D eigenvalue weighted by Gasteiger charge is -2.45. The van der Waals surface area contributed by atoms with Crippen molar-refractivity contribution in [1.82, 2.24) is 4.90 Å². The van der Waals surface area contributed by atoms with Crippen molar-refractivity contribution in [3.05, 3.63) is 0 Å². The Morgan fingerprint density at radius 1 is 1.33 bits per heavy atom. The van der Waals surface area contributed by atoms with Crippen molar-refractivity contribution in [3.8, 4) is 0 Å². The number of hydrogen-bond donors (Lipinski definition) is 1. The van der Waals surface area contributed by atoms with E-state index in [1.807, 2.05) is 0 Å². The molecule has 2 nitrogen and oxygen atoms in total. The molecule has 2 saturated carbocycles. The van der Waals surface area contributed by atoms with E-state index in [0.29, 0.717) is 5.54 Å². The van der Waals surface area contributed by atoms with E-state index in [9.17, 15) is 0 Å². The average molecular weight is 268 g/mol. The van der Waals surface area contributed by atoms with Gasteiger partial charge in [-0.25, -0.2) is 0 Å². The third-order valence-electron chi connectivity index (χ3n) is 5.88. The molecule has 104 valence electrons. The van der Waals surface area contributed by atoms with Crippen molar-refractivity contribution in [2.75, 3.05) is 31.6 Å². The average Bonchev–Trinajstić information content (AvgIpc) is 3.01. The van der Waals surface area contributed by atoms with Crippen molar-refractivity contribution in [2.45, 2.75) is 44.1 Å². The molecule has 1 heterocycles. The highest BCUT2D eigenvalue weighted by atomic mass is 32.2. The molecule has 2 N–H and O–H groups in total. The summed E-state index contributed by atoms with van der Waals surface area (Å²) in [6.07, 6.45) is 8.72. The van der Waals surface area contributed by atoms with E-state index in [-0.39, 0.29) is 0 Å². The fourth-order valence-corrected chi connectivity index (χ4v) is 5.96. The van der Waals surface area contributed by atoms with E-state index in [1.54, 1.807) is 0 Å². The maximum Gasteiger partial charge on any atom is 0.0419 e. The van der Waals surface area contributed by atoms with Crippen molar-refractivity contribution in [3.63, 3.8) is 0 Å². The van der Waals surface area contributed by atoms with Gasteiger partial charge in [0.15, 0.2) is 0 Å². The minimum Gasteiger partial charge on any atom is -0.329 e. The van der Waals surface area contributed by atoms with E-state index in [0.717, 1.165) is 24.3 Å². The summed E-state index contributed by atoms with van der Waals surface area (Å²) in [5.74, 6) is 5.68. The van der Waals surface area contributed by atoms with Gasteiger partial charge in [-0.05, 0) is 62.7 Å². The number of likely N-dealkylation sites (N-methyl/N-ethyl adjacent to an activating group) is 1. The Labute approximate surface area is 116 Å². The number of hydrogen-bond acceptors (Lipinski definition) is 3. The van der Waals surface area contributed by atoms with Crippen LogP contribution in [0.25, 0.3) is 0 Å². The van der Waals surface area contributed by atoms with Crippen molar-refractivity contribution >= 4 is 11.8 Å². The van der Waals surface area contributed by atoms with Gasteiger partial charge in [-0.2, -0.15) is 11.8 Å². The van der Waals surface area contributed by atoms with Crippen LogP contribution in [0.4, 0.5) is 0 Å². The van der Waals surface area contributed by atoms with E-state index in [4.69, 9.17) is 5.73 Å². The van der Waals surface area contributed by atoms with Gasteiger partial charge in [0.1, 0.15) is 0 Å². The van der Waals surface area contributed by atoms with E-state index in [1.165, 1.54) is 56.6 Å². The lowest BCUT2D eigenvalue weighted by atomic mass is 9.86. The molecule has 2 aliphatic carbocycles. The molecular formula is C15H28N2S. The monoisotopic (exact) mass is 268 g/mol. The van der Waals surface area contributed by atoms with Gasteiger partial charge >= 0.3 is 0 Å². The normalized spacial score (nSPS) is 43.8. The Kier molecular flexibility index (Phi) is 3.93. The van der Waals surface area contributed by atoms with Crippen molar-refractivity contribution in [1.29, 1.82) is 0 Å². The Balaban J connectivity index is 1.61. The van der Waals surface area contributed by atoms with Crippen LogP contribution in [-0.4, -0.2) is 42.1 Å². The van der Waals surface area contributed by atoms with Crippen LogP contribution in [0.5, 0.6) is 0 Å². The molecule has 0 amide bonds. The summed E-state index contributed by atoms with van der Waals surface area (Å²) < 4.78 is 0. The number of nitrogens with zero attached hydrogens (tertiary/aromatic N) is 1. The standard InChI is InChI=1S/C15H28N2S/c1-17(15(10-16)5-2-6-18-11-15)9-14-8-12-3-4-13(14)7-12/h12-14H,2-11,16H2,1H3. The van der Waals surface area contributed by atoms with Crippen LogP contribution in [0.15, 0.2) is 0 Å². The van der Waals surface area contributed by atoms with Crippen molar-refractivity contribution in [2.24, 2.45) is 23.5 Å². The van der Waals surface area contributed by atoms with E-state index in [2.05, 4.69) is 23.7 Å². The molecule has 4 atom stereocenters. The molecule has 0 aromatic rings. The minimum absolute atomic E-state index is 0.310. The van der Waals surface area contributed by atoms with Gasteiger partial charge in [0.25, 0.3) is 0 Å². The third kappa shape index (κ3) is 2.34. The summed E-state index contributed by atoms with van der Waals surface area (Å²) >= 11 is 2.11. The number of fused-ring (bicyclic) bond motifs is 2. The summed E-state index contributed by atoms with van der Waals surface area (Å²) in [7, 11) is 2.34. The first-order chi connectivity index (χ1) is 8.73. The molecule has 2 bridgehead atoms. The smallest absolute Gasteiger partial charge is 0.0419 e. The Bertz CT molecular complexity index is 288. The molecule has 0 spiro atoms. The van der Waals surface area contributed by atoms with E-state index >= 15 is 0 Å². The van der Waals surface area contributed by atoms with Crippen LogP contribution in [0.1, 0.15) is 38.5 Å². The summed E-state index contributed by atoms with van der Waals surface area (Å²) in [6.45, 7) is 2.15. The Morgan fingerprint density at radius 3 is 2.78 bits per heavy atom. The highest BCUT2D eigenvalue weighted by molar-refractivity contribution is 7.99. The molecule has 0 aromatic carbocycles. The molecule has 1 saturated heterocycles. The maximum absolute atomic E-state index is 6.13. The predicted molar refractivity (Wildman–Crippen MR) is 79.9 cm³/mol. The van der Waals surface area contributed by atoms with Crippen LogP contribution in [-0.2, 0) is 0 Å². The summed E-state index contributed by atoms with van der Waals surface area (Å²) in [4.78, 5) is 2.64. The van der Waals surface area contributed by atoms with Gasteiger partial charge in [0.05, 0.1) is 0 Å². The first-order valence-electron chi connectivity index (χ1n) is 7.72. The van der Waals surface area contributed by atoms with Gasteiger partial charge in [0.2, 0.25) is 0 Å². The highest BCUT2D eigenvalue weighted by Gasteiger charge is 2.42. The molecule has 4 unspecified atom stereocenters. The zero-order chi connectivity index (χ0) is 12.6. The van der Waals surface area contributed by atoms with Crippen LogP contribution < -0.4 is 5.73 Å². The number of nitrogens with two attached hydrogens (primary N) is 1. The lowest BCUT2D eigenvalue weighted by molar-refractivity contribution is 0.0984. The molecule has 0 radical (unpaired) electrons. The SMILES string of the molecule is CN(CC1CC2CCC1C2)C1(CN)CCCSC1. The number of rotatable bonds is 4. The van der Waals surface area contributed by atoms with Crippen LogP contribution in [0.2, 0.25) is 0 Å². The second-order valence-electron chi connectivity index (χ2n) is 6.90. The van der Waals surface area contributed by atoms with Gasteiger partial charge in [-0.1, -0.05) is 6.42 Å². The summed E-state index contributed by atoms with van der Waals surface area (Å²) in [5, 5.41) is 0. The molecule has 0 aromatic heterocycles. The van der Waals surface area contributed by atoms with Gasteiger partial charge < -0.3 is 5.73 Å². The molecular weight excluding hydrogens is 240 g/mol. The maximum atomic E-state index is 6.13. The van der Waals surface area contributed by atoms with Crippen LogP contribution in [0.3, 0.4) is 0 Å². The second-order valence-corrected chi connectivity index (χ2v) is 8.01. The second kappa shape index (κ2) is 5.34. The molecule has 3 aliphatic rings. The largest absolute Gasteiger partial charge is 0.329 e. The summed E-state index contributed by atoms with van der Waals surface area (Å²) in [5.41, 5.74) is 6.44. The lowest BCUT2D eigenvalue weighted by Crippen LogP contribution is -2.56. The van der Waals surface area contributed by atoms with Crippen molar-refractivity contribution < 1.29 is 0 Å². The molecule has 3 heteroatoms. The highest BCUT2D eigenvalue weighted by Crippen LogP contribution is 2.49. The molecule has 3 fully saturated rings.